The van der Waals surface area contributed by atoms with Crippen molar-refractivity contribution in [1.29, 1.82) is 5.26 Å². The molecule has 11 rings (SSSR count). The quantitative estimate of drug-likeness (QED) is 0.151. The summed E-state index contributed by atoms with van der Waals surface area (Å²) in [6, 6.07) is 27.3. The summed E-state index contributed by atoms with van der Waals surface area (Å²) in [6.45, 7) is 3.70. The first-order valence-corrected chi connectivity index (χ1v) is 24.8. The monoisotopic (exact) mass is 926 g/mol. The third-order valence-corrected chi connectivity index (χ3v) is 15.6. The standard InChI is InChI=1S/C25H23F2N5OS.C24H22FN5OS/c26-17-2-1-3-19(12-17)29-24-23-21(8-11-34(23)33)30-25(31-24)32-9-6-15(7-10-32)22-20-13-18(27)5-4-16(20)14-28-22;25-19-5-2-6-20(14-19)27-23-22-21(9-12-32(22)31)28-24(29-23)30-10-7-17(8-11-30)18-4-1-3-16(13-18)15-26/h1-5,12-13,15H,6-11,14H2,(H,29,30,31);1-6,13-14,17H,7-12H2,(H,27,28,29). The van der Waals surface area contributed by atoms with Gasteiger partial charge in [0.15, 0.2) is 11.6 Å². The summed E-state index contributed by atoms with van der Waals surface area (Å²) >= 11 is 0. The zero-order valence-corrected chi connectivity index (χ0v) is 37.5. The number of aliphatic imine (C=N–C) groups is 1. The van der Waals surface area contributed by atoms with E-state index in [1.165, 1.54) is 35.9 Å². The lowest BCUT2D eigenvalue weighted by Gasteiger charge is -2.32. The molecule has 5 aliphatic heterocycles. The number of anilines is 6. The van der Waals surface area contributed by atoms with Crippen molar-refractivity contribution < 1.29 is 21.6 Å². The van der Waals surface area contributed by atoms with E-state index in [1.807, 2.05) is 24.3 Å². The molecule has 2 aromatic heterocycles. The molecular weight excluding hydrogens is 882 g/mol. The number of nitrogens with zero attached hydrogens (tertiary/aromatic N) is 8. The van der Waals surface area contributed by atoms with E-state index in [-0.39, 0.29) is 23.4 Å². The molecule has 12 nitrogen and oxygen atoms in total. The number of nitriles is 1. The molecule has 2 fully saturated rings. The average molecular weight is 927 g/mol. The van der Waals surface area contributed by atoms with Crippen molar-refractivity contribution in [2.24, 2.45) is 10.9 Å². The Balaban J connectivity index is 0.000000155. The topological polar surface area (TPSA) is 152 Å². The minimum Gasteiger partial charge on any atom is -0.341 e. The van der Waals surface area contributed by atoms with Gasteiger partial charge in [0.05, 0.1) is 51.2 Å². The van der Waals surface area contributed by atoms with Crippen LogP contribution < -0.4 is 20.4 Å². The zero-order chi connectivity index (χ0) is 45.3. The van der Waals surface area contributed by atoms with Gasteiger partial charge < -0.3 is 20.4 Å². The molecule has 2 unspecified atom stereocenters. The van der Waals surface area contributed by atoms with Crippen LogP contribution in [0, 0.1) is 34.7 Å². The van der Waals surface area contributed by atoms with Crippen molar-refractivity contribution in [3.05, 3.63) is 142 Å². The van der Waals surface area contributed by atoms with E-state index in [4.69, 9.17) is 24.9 Å². The molecule has 4 aromatic carbocycles. The molecule has 2 saturated heterocycles. The van der Waals surface area contributed by atoms with Gasteiger partial charge in [-0.1, -0.05) is 30.3 Å². The number of fused-ring (bicyclic) bond motifs is 3. The van der Waals surface area contributed by atoms with E-state index in [0.29, 0.717) is 87.1 Å². The van der Waals surface area contributed by atoms with Gasteiger partial charge in [-0.3, -0.25) is 13.4 Å². The number of hydrogen-bond donors (Lipinski definition) is 2. The molecule has 7 heterocycles. The first-order chi connectivity index (χ1) is 32.1. The van der Waals surface area contributed by atoms with Crippen molar-refractivity contribution in [2.75, 3.05) is 58.1 Å². The van der Waals surface area contributed by atoms with Gasteiger partial charge in [-0.15, -0.1) is 0 Å². The summed E-state index contributed by atoms with van der Waals surface area (Å²) in [5.74, 6) is 2.97. The number of rotatable bonds is 8. The fourth-order valence-corrected chi connectivity index (χ4v) is 12.0. The molecule has 66 heavy (non-hydrogen) atoms. The molecule has 336 valence electrons. The Bertz CT molecular complexity index is 2970. The van der Waals surface area contributed by atoms with E-state index in [0.717, 1.165) is 80.1 Å². The van der Waals surface area contributed by atoms with Gasteiger partial charge in [0.2, 0.25) is 11.9 Å². The minimum atomic E-state index is -1.18. The number of hydrogen-bond acceptors (Lipinski definition) is 12. The number of halogens is 3. The smallest absolute Gasteiger partial charge is 0.227 e. The number of aromatic nitrogens is 4. The van der Waals surface area contributed by atoms with Crippen LogP contribution in [0.3, 0.4) is 0 Å². The fourth-order valence-electron chi connectivity index (χ4n) is 9.38. The van der Waals surface area contributed by atoms with Gasteiger partial charge in [-0.25, -0.2) is 23.1 Å². The maximum absolute atomic E-state index is 13.8. The lowest BCUT2D eigenvalue weighted by molar-refractivity contribution is 0.496. The molecule has 2 N–H and O–H groups in total. The summed E-state index contributed by atoms with van der Waals surface area (Å²) in [5, 5.41) is 15.5. The highest BCUT2D eigenvalue weighted by molar-refractivity contribution is 7.85. The lowest BCUT2D eigenvalue weighted by atomic mass is 9.88. The first-order valence-electron chi connectivity index (χ1n) is 22.1. The normalized spacial score (nSPS) is 19.0. The van der Waals surface area contributed by atoms with E-state index in [1.54, 1.807) is 30.3 Å². The predicted molar refractivity (Wildman–Crippen MR) is 250 cm³/mol. The second-order valence-electron chi connectivity index (χ2n) is 16.9. The molecule has 6 aromatic rings. The second kappa shape index (κ2) is 18.8. The molecule has 0 aliphatic carbocycles. The molecule has 17 heteroatoms. The SMILES string of the molecule is N#Cc1cccc(C2CCN(c3nc4c(c(Nc5cccc(F)c5)n3)S(=O)CC4)CC2)c1.O=S1CCc2nc(N3CCC(C4=NCc5ccc(F)cc54)CC3)nc(Nc3cccc(F)c3)c21. The maximum Gasteiger partial charge on any atom is 0.227 e. The molecule has 0 bridgehead atoms. The van der Waals surface area contributed by atoms with Crippen LogP contribution in [0.5, 0.6) is 0 Å². The van der Waals surface area contributed by atoms with Crippen LogP contribution in [-0.2, 0) is 41.0 Å². The van der Waals surface area contributed by atoms with Gasteiger partial charge in [0, 0.05) is 79.1 Å². The number of piperidine rings is 2. The molecular formula is C49H45F3N10O2S2. The van der Waals surface area contributed by atoms with Gasteiger partial charge in [-0.05, 0) is 103 Å². The Morgan fingerprint density at radius 2 is 1.15 bits per heavy atom. The van der Waals surface area contributed by atoms with Crippen LogP contribution in [0.15, 0.2) is 106 Å². The Morgan fingerprint density at radius 3 is 1.70 bits per heavy atom. The largest absolute Gasteiger partial charge is 0.341 e. The molecule has 0 spiro atoms. The van der Waals surface area contributed by atoms with E-state index < -0.39 is 21.6 Å². The number of nitrogens with one attached hydrogen (secondary N) is 2. The summed E-state index contributed by atoms with van der Waals surface area (Å²) in [6.07, 6.45) is 4.89. The van der Waals surface area contributed by atoms with E-state index in [9.17, 15) is 26.9 Å². The van der Waals surface area contributed by atoms with Crippen molar-refractivity contribution in [3.63, 3.8) is 0 Å². The Hall–Kier alpha value is -6.51. The molecule has 0 amide bonds. The highest BCUT2D eigenvalue weighted by atomic mass is 32.2. The van der Waals surface area contributed by atoms with Crippen LogP contribution in [0.2, 0.25) is 0 Å². The lowest BCUT2D eigenvalue weighted by Crippen LogP contribution is -2.37. The van der Waals surface area contributed by atoms with Crippen molar-refractivity contribution >= 4 is 62.2 Å². The summed E-state index contributed by atoms with van der Waals surface area (Å²) < 4.78 is 66.3. The second-order valence-corrected chi connectivity index (χ2v) is 19.9. The fraction of sp³-hybridized carbons (Fsp3) is 0.306. The van der Waals surface area contributed by atoms with Crippen molar-refractivity contribution in [1.82, 2.24) is 19.9 Å². The summed E-state index contributed by atoms with van der Waals surface area (Å²) in [4.78, 5) is 29.2. The van der Waals surface area contributed by atoms with Crippen LogP contribution in [0.4, 0.5) is 48.1 Å². The molecule has 0 radical (unpaired) electrons. The molecule has 2 atom stereocenters. The Kier molecular flexibility index (Phi) is 12.3. The minimum absolute atomic E-state index is 0.229. The van der Waals surface area contributed by atoms with E-state index in [2.05, 4.69) is 32.6 Å². The molecule has 5 aliphatic rings. The van der Waals surface area contributed by atoms with Gasteiger partial charge in [0.1, 0.15) is 27.2 Å². The highest BCUT2D eigenvalue weighted by Gasteiger charge is 2.33. The summed E-state index contributed by atoms with van der Waals surface area (Å²) in [7, 11) is -2.34. The number of benzene rings is 4. The molecule has 0 saturated carbocycles. The van der Waals surface area contributed by atoms with Crippen molar-refractivity contribution in [2.45, 2.75) is 60.8 Å². The van der Waals surface area contributed by atoms with Crippen LogP contribution in [-0.4, -0.2) is 71.8 Å². The highest BCUT2D eigenvalue weighted by Crippen LogP contribution is 2.37. The zero-order valence-electron chi connectivity index (χ0n) is 35.9. The van der Waals surface area contributed by atoms with Crippen molar-refractivity contribution in [3.8, 4) is 6.07 Å². The van der Waals surface area contributed by atoms with Gasteiger partial charge in [-0.2, -0.15) is 15.2 Å². The van der Waals surface area contributed by atoms with Crippen LogP contribution >= 0.6 is 0 Å². The van der Waals surface area contributed by atoms with Gasteiger partial charge in [0.25, 0.3) is 0 Å². The third kappa shape index (κ3) is 9.16. The third-order valence-electron chi connectivity index (χ3n) is 12.7. The Morgan fingerprint density at radius 1 is 0.621 bits per heavy atom. The maximum atomic E-state index is 13.8. The predicted octanol–water partition coefficient (Wildman–Crippen LogP) is 8.66. The van der Waals surface area contributed by atoms with E-state index >= 15 is 0 Å². The number of aryl methyl sites for hydroxylation is 2. The first kappa shape index (κ1) is 43.4. The Labute approximate surface area is 385 Å². The van der Waals surface area contributed by atoms with Crippen LogP contribution in [0.25, 0.3) is 0 Å². The van der Waals surface area contributed by atoms with Crippen LogP contribution in [0.1, 0.15) is 65.2 Å². The average Bonchev–Trinajstić information content (AvgIpc) is 4.05. The van der Waals surface area contributed by atoms with Gasteiger partial charge >= 0.3 is 0 Å². The summed E-state index contributed by atoms with van der Waals surface area (Å²) in [5.41, 5.74) is 7.63.